The quantitative estimate of drug-likeness (QED) is 0.222. The third kappa shape index (κ3) is 7.93. The number of amides is 1. The number of furan rings is 1. The Hall–Kier alpha value is -3.02. The van der Waals surface area contributed by atoms with Crippen LogP contribution < -0.4 is 14.8 Å². The van der Waals surface area contributed by atoms with Crippen LogP contribution in [0.3, 0.4) is 0 Å². The smallest absolute Gasteiger partial charge is 0.414 e. The van der Waals surface area contributed by atoms with Crippen molar-refractivity contribution in [1.82, 2.24) is 20.1 Å². The fourth-order valence-corrected chi connectivity index (χ4v) is 5.98. The van der Waals surface area contributed by atoms with Crippen LogP contribution in [0.25, 0.3) is 21.9 Å². The lowest BCUT2D eigenvalue weighted by molar-refractivity contribution is 0.0501. The zero-order valence-electron chi connectivity index (χ0n) is 24.1. The van der Waals surface area contributed by atoms with Gasteiger partial charge in [-0.2, -0.15) is 0 Å². The van der Waals surface area contributed by atoms with Gasteiger partial charge in [0.1, 0.15) is 23.8 Å². The first-order valence-electron chi connectivity index (χ1n) is 14.4. The number of nitrogens with zero attached hydrogens (tertiary/aromatic N) is 2. The number of aliphatic hydroxyl groups excluding tert-OH is 1. The van der Waals surface area contributed by atoms with Crippen molar-refractivity contribution < 1.29 is 28.2 Å². The first kappa shape index (κ1) is 32.9. The van der Waals surface area contributed by atoms with E-state index in [2.05, 4.69) is 27.0 Å². The van der Waals surface area contributed by atoms with Gasteiger partial charge in [0.2, 0.25) is 5.88 Å². The summed E-state index contributed by atoms with van der Waals surface area (Å²) in [4.78, 5) is 20.8. The van der Waals surface area contributed by atoms with E-state index in [-0.39, 0.29) is 49.4 Å². The summed E-state index contributed by atoms with van der Waals surface area (Å²) in [5, 5.41) is 14.4. The molecule has 0 spiro atoms. The fourth-order valence-electron chi connectivity index (χ4n) is 5.98. The number of halogens is 3. The van der Waals surface area contributed by atoms with E-state index in [1.807, 2.05) is 18.2 Å². The van der Waals surface area contributed by atoms with Crippen LogP contribution in [-0.2, 0) is 6.61 Å². The Bertz CT molecular complexity index is 1500. The highest BCUT2D eigenvalue weighted by Gasteiger charge is 2.26. The van der Waals surface area contributed by atoms with Gasteiger partial charge in [0.15, 0.2) is 0 Å². The summed E-state index contributed by atoms with van der Waals surface area (Å²) in [6.45, 7) is 7.28. The van der Waals surface area contributed by atoms with E-state index in [1.165, 1.54) is 12.1 Å². The number of piperidine rings is 2. The molecule has 2 aromatic heterocycles. The van der Waals surface area contributed by atoms with Crippen LogP contribution in [0.4, 0.5) is 9.18 Å². The Morgan fingerprint density at radius 2 is 1.86 bits per heavy atom. The number of carbonyl (C=O) groups is 1. The monoisotopic (exact) mass is 636 g/mol. The highest BCUT2D eigenvalue weighted by molar-refractivity contribution is 5.88. The number of nitrogens with one attached hydrogen (secondary N) is 2. The number of likely N-dealkylation sites (tertiary alicyclic amines) is 2. The molecule has 234 valence electrons. The van der Waals surface area contributed by atoms with E-state index in [9.17, 15) is 14.3 Å². The summed E-state index contributed by atoms with van der Waals surface area (Å²) in [7, 11) is 0. The Balaban J connectivity index is 0.00000212. The van der Waals surface area contributed by atoms with Gasteiger partial charge in [0.05, 0.1) is 17.9 Å². The minimum Gasteiger partial charge on any atom is -0.488 e. The molecule has 2 saturated heterocycles. The van der Waals surface area contributed by atoms with Crippen LogP contribution in [0.15, 0.2) is 53.1 Å². The number of H-pyrrole nitrogens is 1. The Kier molecular flexibility index (Phi) is 11.2. The van der Waals surface area contributed by atoms with Crippen LogP contribution in [0.5, 0.6) is 11.6 Å². The normalized spacial score (nSPS) is 17.7. The van der Waals surface area contributed by atoms with Crippen LogP contribution in [0, 0.1) is 5.82 Å². The Morgan fingerprint density at radius 1 is 1.09 bits per heavy atom. The molecule has 1 amide bonds. The molecule has 3 N–H and O–H groups in total. The largest absolute Gasteiger partial charge is 0.488 e. The van der Waals surface area contributed by atoms with Crippen molar-refractivity contribution in [2.75, 3.05) is 32.7 Å². The van der Waals surface area contributed by atoms with Crippen LogP contribution >= 0.6 is 24.8 Å². The molecule has 4 heterocycles. The van der Waals surface area contributed by atoms with Gasteiger partial charge >= 0.3 is 6.09 Å². The van der Waals surface area contributed by atoms with Crippen LogP contribution in [0.1, 0.15) is 38.2 Å². The molecule has 0 aliphatic carbocycles. The van der Waals surface area contributed by atoms with Crippen molar-refractivity contribution in [1.29, 1.82) is 0 Å². The van der Waals surface area contributed by atoms with Gasteiger partial charge < -0.3 is 34.2 Å². The SMILES string of the molecule is C[C@@H](CN1CCC(NC(=O)Oc2cc3c(OCc4coc5cc(F)ccc45)cccc3[nH]2)CC1)N1CCC(O)CC1.Cl.Cl. The lowest BCUT2D eigenvalue weighted by Crippen LogP contribution is -2.50. The number of hydrogen-bond acceptors (Lipinski definition) is 7. The van der Waals surface area contributed by atoms with E-state index in [0.717, 1.165) is 80.3 Å². The predicted octanol–water partition coefficient (Wildman–Crippen LogP) is 5.87. The van der Waals surface area contributed by atoms with E-state index >= 15 is 0 Å². The number of rotatable bonds is 8. The topological polar surface area (TPSA) is 103 Å². The maximum atomic E-state index is 13.5. The number of ether oxygens (including phenoxy) is 2. The van der Waals surface area contributed by atoms with Gasteiger partial charge in [-0.3, -0.25) is 4.90 Å². The number of fused-ring (bicyclic) bond motifs is 2. The average Bonchev–Trinajstić information content (AvgIpc) is 3.56. The molecule has 1 atom stereocenters. The summed E-state index contributed by atoms with van der Waals surface area (Å²) in [5.74, 6) is 0.627. The number of benzene rings is 2. The van der Waals surface area contributed by atoms with Crippen molar-refractivity contribution in [2.24, 2.45) is 0 Å². The summed E-state index contributed by atoms with van der Waals surface area (Å²) in [5.41, 5.74) is 2.08. The van der Waals surface area contributed by atoms with Crippen LogP contribution in [-0.4, -0.2) is 76.9 Å². The molecule has 0 radical (unpaired) electrons. The van der Waals surface area contributed by atoms with Gasteiger partial charge in [-0.05, 0) is 56.9 Å². The third-order valence-corrected chi connectivity index (χ3v) is 8.36. The summed E-state index contributed by atoms with van der Waals surface area (Å²) in [6.07, 6.45) is 4.41. The maximum Gasteiger partial charge on any atom is 0.414 e. The first-order valence-corrected chi connectivity index (χ1v) is 14.4. The van der Waals surface area contributed by atoms with Gasteiger partial charge in [-0.15, -0.1) is 24.8 Å². The lowest BCUT2D eigenvalue weighted by atomic mass is 10.0. The zero-order valence-corrected chi connectivity index (χ0v) is 25.7. The van der Waals surface area contributed by atoms with Crippen LogP contribution in [0.2, 0.25) is 0 Å². The molecule has 4 aromatic rings. The fraction of sp³-hybridized carbons (Fsp3) is 0.452. The molecule has 6 rings (SSSR count). The molecule has 0 saturated carbocycles. The second-order valence-electron chi connectivity index (χ2n) is 11.3. The van der Waals surface area contributed by atoms with E-state index in [0.29, 0.717) is 23.3 Å². The van der Waals surface area contributed by atoms with Gasteiger partial charge in [0, 0.05) is 73.3 Å². The third-order valence-electron chi connectivity index (χ3n) is 8.36. The summed E-state index contributed by atoms with van der Waals surface area (Å²) < 4.78 is 30.6. The highest BCUT2D eigenvalue weighted by atomic mass is 35.5. The van der Waals surface area contributed by atoms with Crippen molar-refractivity contribution in [2.45, 2.75) is 57.4 Å². The lowest BCUT2D eigenvalue weighted by Gasteiger charge is -2.39. The van der Waals surface area contributed by atoms with Crippen molar-refractivity contribution in [3.05, 3.63) is 60.1 Å². The molecule has 9 nitrogen and oxygen atoms in total. The number of aromatic amines is 1. The molecular weight excluding hydrogens is 598 g/mol. The van der Waals surface area contributed by atoms with E-state index in [1.54, 1.807) is 18.4 Å². The molecular formula is C31H39Cl2FN4O5. The molecule has 2 aliphatic rings. The van der Waals surface area contributed by atoms with Gasteiger partial charge in [-0.1, -0.05) is 6.07 Å². The average molecular weight is 638 g/mol. The zero-order chi connectivity index (χ0) is 28.3. The first-order chi connectivity index (χ1) is 19.9. The maximum absolute atomic E-state index is 13.5. The molecule has 0 unspecified atom stereocenters. The van der Waals surface area contributed by atoms with E-state index in [4.69, 9.17) is 13.9 Å². The molecule has 2 fully saturated rings. The molecule has 43 heavy (non-hydrogen) atoms. The van der Waals surface area contributed by atoms with Gasteiger partial charge in [-0.25, -0.2) is 9.18 Å². The number of aromatic nitrogens is 1. The molecule has 0 bridgehead atoms. The number of aliphatic hydroxyl groups is 1. The van der Waals surface area contributed by atoms with Crippen molar-refractivity contribution >= 4 is 52.8 Å². The minimum atomic E-state index is -0.477. The molecule has 2 aliphatic heterocycles. The number of carbonyl (C=O) groups excluding carboxylic acids is 1. The molecule has 2 aromatic carbocycles. The summed E-state index contributed by atoms with van der Waals surface area (Å²) >= 11 is 0. The van der Waals surface area contributed by atoms with Crippen molar-refractivity contribution in [3.63, 3.8) is 0 Å². The predicted molar refractivity (Wildman–Crippen MR) is 168 cm³/mol. The number of hydrogen-bond donors (Lipinski definition) is 3. The highest BCUT2D eigenvalue weighted by Crippen LogP contribution is 2.31. The molecule has 12 heteroatoms. The Labute approximate surface area is 262 Å². The summed E-state index contributed by atoms with van der Waals surface area (Å²) in [6, 6.07) is 12.3. The standard InChI is InChI=1S/C31H37FN4O5.2ClH/c1-20(36-13-9-24(37)10-14-36)17-35-11-7-23(8-12-35)33-31(38)41-30-16-26-27(34-30)3-2-4-28(26)39-18-21-19-40-29-15-22(32)5-6-25(21)29;;/h2-6,15-16,19-20,23-24,34,37H,7-14,17-18H2,1H3,(H,33,38);2*1H/t20-;;/m0../s1. The van der Waals surface area contributed by atoms with Gasteiger partial charge in [0.25, 0.3) is 0 Å². The van der Waals surface area contributed by atoms with Crippen molar-refractivity contribution in [3.8, 4) is 11.6 Å². The Morgan fingerprint density at radius 3 is 2.63 bits per heavy atom. The minimum absolute atomic E-state index is 0. The second kappa shape index (κ2) is 14.6. The van der Waals surface area contributed by atoms with E-state index < -0.39 is 6.09 Å². The second-order valence-corrected chi connectivity index (χ2v) is 11.3.